The van der Waals surface area contributed by atoms with Crippen LogP contribution in [0.25, 0.3) is 0 Å². The van der Waals surface area contributed by atoms with Crippen LogP contribution in [-0.2, 0) is 19.6 Å². The van der Waals surface area contributed by atoms with Crippen molar-refractivity contribution < 1.29 is 22.7 Å². The summed E-state index contributed by atoms with van der Waals surface area (Å²) >= 11 is 0.910. The quantitative estimate of drug-likeness (QED) is 0.743. The molecule has 0 aliphatic carbocycles. The van der Waals surface area contributed by atoms with Crippen LogP contribution < -0.4 is 5.32 Å². The fourth-order valence-corrected chi connectivity index (χ4v) is 5.47. The van der Waals surface area contributed by atoms with Gasteiger partial charge in [0.25, 0.3) is 15.9 Å². The minimum atomic E-state index is -3.88. The Balaban J connectivity index is 1.65. The molecule has 2 amide bonds. The minimum Gasteiger partial charge on any atom is -0.378 e. The summed E-state index contributed by atoms with van der Waals surface area (Å²) in [6.07, 6.45) is 0. The van der Waals surface area contributed by atoms with Crippen LogP contribution in [0, 0.1) is 6.92 Å². The topological polar surface area (TPSA) is 96.0 Å². The van der Waals surface area contributed by atoms with Crippen LogP contribution in [0.2, 0.25) is 0 Å². The molecule has 1 aromatic carbocycles. The first kappa shape index (κ1) is 21.4. The summed E-state index contributed by atoms with van der Waals surface area (Å²) in [4.78, 5) is 26.8. The van der Waals surface area contributed by atoms with Gasteiger partial charge in [-0.1, -0.05) is 12.1 Å². The highest BCUT2D eigenvalue weighted by molar-refractivity contribution is 7.91. The van der Waals surface area contributed by atoms with Crippen LogP contribution >= 0.6 is 11.3 Å². The molecule has 1 N–H and O–H groups in total. The summed E-state index contributed by atoms with van der Waals surface area (Å²) in [5.74, 6) is -0.651. The number of ether oxygens (including phenoxy) is 1. The number of anilines is 1. The number of likely N-dealkylation sites (N-methyl/N-ethyl adjacent to an activating group) is 1. The molecule has 1 aliphatic heterocycles. The SMILES string of the molecule is Cc1cccc(NC(=O)CN(C)S(=O)(=O)c2ccc(C(=O)N3CCOCC3)s2)c1. The number of benzene rings is 1. The molecule has 0 saturated carbocycles. The zero-order chi connectivity index (χ0) is 21.0. The van der Waals surface area contributed by atoms with Gasteiger partial charge in [-0.25, -0.2) is 8.42 Å². The fourth-order valence-electron chi connectivity index (χ4n) is 2.86. The lowest BCUT2D eigenvalue weighted by Crippen LogP contribution is -2.40. The summed E-state index contributed by atoms with van der Waals surface area (Å²) in [7, 11) is -2.54. The molecule has 0 atom stereocenters. The summed E-state index contributed by atoms with van der Waals surface area (Å²) in [5, 5.41) is 2.69. The molecule has 2 heterocycles. The molecule has 156 valence electrons. The van der Waals surface area contributed by atoms with Crippen LogP contribution in [0.5, 0.6) is 0 Å². The Hall–Kier alpha value is -2.27. The molecule has 10 heteroatoms. The van der Waals surface area contributed by atoms with E-state index >= 15 is 0 Å². The van der Waals surface area contributed by atoms with Crippen molar-refractivity contribution >= 4 is 38.9 Å². The molecule has 3 rings (SSSR count). The van der Waals surface area contributed by atoms with Gasteiger partial charge in [0.15, 0.2) is 0 Å². The number of thiophene rings is 1. The van der Waals surface area contributed by atoms with Crippen molar-refractivity contribution in [2.24, 2.45) is 0 Å². The van der Waals surface area contributed by atoms with Gasteiger partial charge in [-0.2, -0.15) is 4.31 Å². The number of rotatable bonds is 6. The molecule has 2 aromatic rings. The number of nitrogens with one attached hydrogen (secondary N) is 1. The van der Waals surface area contributed by atoms with E-state index in [2.05, 4.69) is 5.32 Å². The smallest absolute Gasteiger partial charge is 0.264 e. The molecule has 0 spiro atoms. The number of sulfonamides is 1. The maximum Gasteiger partial charge on any atom is 0.264 e. The van der Waals surface area contributed by atoms with Gasteiger partial charge in [-0.15, -0.1) is 11.3 Å². The number of carbonyl (C=O) groups is 2. The average molecular weight is 438 g/mol. The van der Waals surface area contributed by atoms with E-state index in [1.54, 1.807) is 17.0 Å². The van der Waals surface area contributed by atoms with E-state index in [1.165, 1.54) is 19.2 Å². The lowest BCUT2D eigenvalue weighted by Gasteiger charge is -2.26. The lowest BCUT2D eigenvalue weighted by atomic mass is 10.2. The van der Waals surface area contributed by atoms with Crippen LogP contribution in [0.4, 0.5) is 5.69 Å². The molecule has 29 heavy (non-hydrogen) atoms. The first-order valence-corrected chi connectivity index (χ1v) is 11.3. The molecule has 1 fully saturated rings. The van der Waals surface area contributed by atoms with Crippen LogP contribution in [0.15, 0.2) is 40.6 Å². The molecule has 1 aromatic heterocycles. The molecule has 0 unspecified atom stereocenters. The number of hydrogen-bond acceptors (Lipinski definition) is 6. The predicted octanol–water partition coefficient (Wildman–Crippen LogP) is 1.79. The third kappa shape index (κ3) is 5.21. The predicted molar refractivity (Wildman–Crippen MR) is 111 cm³/mol. The van der Waals surface area contributed by atoms with Crippen molar-refractivity contribution in [1.29, 1.82) is 0 Å². The van der Waals surface area contributed by atoms with E-state index in [9.17, 15) is 18.0 Å². The standard InChI is InChI=1S/C19H23N3O5S2/c1-14-4-3-5-15(12-14)20-17(23)13-21(2)29(25,26)18-7-6-16(28-18)19(24)22-8-10-27-11-9-22/h3-7,12H,8-11,13H2,1-2H3,(H,20,23). The summed E-state index contributed by atoms with van der Waals surface area (Å²) in [6.45, 7) is 3.48. The average Bonchev–Trinajstić information content (AvgIpc) is 3.19. The van der Waals surface area contributed by atoms with E-state index < -0.39 is 15.9 Å². The van der Waals surface area contributed by atoms with Crippen molar-refractivity contribution in [2.45, 2.75) is 11.1 Å². The Bertz CT molecular complexity index is 997. The molecular weight excluding hydrogens is 414 g/mol. The van der Waals surface area contributed by atoms with Gasteiger partial charge in [0.05, 0.1) is 24.6 Å². The largest absolute Gasteiger partial charge is 0.378 e. The van der Waals surface area contributed by atoms with Gasteiger partial charge in [0.2, 0.25) is 5.91 Å². The van der Waals surface area contributed by atoms with Crippen LogP contribution in [-0.4, -0.2) is 69.3 Å². The Labute approximate surface area is 174 Å². The summed E-state index contributed by atoms with van der Waals surface area (Å²) < 4.78 is 31.8. The maximum atomic E-state index is 12.8. The summed E-state index contributed by atoms with van der Waals surface area (Å²) in [6, 6.07) is 10.2. The normalized spacial score (nSPS) is 14.8. The van der Waals surface area contributed by atoms with Crippen molar-refractivity contribution in [3.05, 3.63) is 46.8 Å². The Morgan fingerprint density at radius 1 is 1.21 bits per heavy atom. The van der Waals surface area contributed by atoms with Crippen molar-refractivity contribution in [2.75, 3.05) is 45.2 Å². The number of aryl methyl sites for hydroxylation is 1. The van der Waals surface area contributed by atoms with E-state index in [4.69, 9.17) is 4.74 Å². The highest BCUT2D eigenvalue weighted by atomic mass is 32.2. The highest BCUT2D eigenvalue weighted by Crippen LogP contribution is 2.25. The molecule has 0 radical (unpaired) electrons. The monoisotopic (exact) mass is 437 g/mol. The second-order valence-electron chi connectivity index (χ2n) is 6.70. The Morgan fingerprint density at radius 3 is 2.62 bits per heavy atom. The molecular formula is C19H23N3O5S2. The second kappa shape index (κ2) is 9.04. The van der Waals surface area contributed by atoms with Gasteiger partial charge < -0.3 is 15.0 Å². The number of hydrogen-bond donors (Lipinski definition) is 1. The van der Waals surface area contributed by atoms with Crippen LogP contribution in [0.3, 0.4) is 0 Å². The zero-order valence-corrected chi connectivity index (χ0v) is 17.9. The van der Waals surface area contributed by atoms with E-state index in [0.29, 0.717) is 36.9 Å². The molecule has 8 nitrogen and oxygen atoms in total. The lowest BCUT2D eigenvalue weighted by molar-refractivity contribution is -0.116. The molecule has 1 saturated heterocycles. The van der Waals surface area contributed by atoms with Crippen molar-refractivity contribution in [3.63, 3.8) is 0 Å². The number of nitrogens with zero attached hydrogens (tertiary/aromatic N) is 2. The van der Waals surface area contributed by atoms with E-state index in [1.807, 2.05) is 19.1 Å². The first-order valence-electron chi connectivity index (χ1n) is 9.07. The zero-order valence-electron chi connectivity index (χ0n) is 16.3. The Morgan fingerprint density at radius 2 is 1.93 bits per heavy atom. The van der Waals surface area contributed by atoms with Gasteiger partial charge in [0, 0.05) is 25.8 Å². The minimum absolute atomic E-state index is 0.0277. The number of morpholine rings is 1. The molecule has 1 aliphatic rings. The maximum absolute atomic E-state index is 12.8. The van der Waals surface area contributed by atoms with E-state index in [0.717, 1.165) is 21.2 Å². The summed E-state index contributed by atoms with van der Waals surface area (Å²) in [5.41, 5.74) is 1.59. The van der Waals surface area contributed by atoms with Gasteiger partial charge in [-0.3, -0.25) is 9.59 Å². The van der Waals surface area contributed by atoms with Gasteiger partial charge in [-0.05, 0) is 36.8 Å². The fraction of sp³-hybridized carbons (Fsp3) is 0.368. The van der Waals surface area contributed by atoms with Crippen LogP contribution in [0.1, 0.15) is 15.2 Å². The van der Waals surface area contributed by atoms with Crippen molar-refractivity contribution in [3.8, 4) is 0 Å². The number of amides is 2. The van der Waals surface area contributed by atoms with Crippen molar-refractivity contribution in [1.82, 2.24) is 9.21 Å². The third-order valence-electron chi connectivity index (χ3n) is 4.42. The molecule has 0 bridgehead atoms. The first-order chi connectivity index (χ1) is 13.8. The number of carbonyl (C=O) groups excluding carboxylic acids is 2. The van der Waals surface area contributed by atoms with Gasteiger partial charge >= 0.3 is 0 Å². The second-order valence-corrected chi connectivity index (χ2v) is 10.1. The third-order valence-corrected chi connectivity index (χ3v) is 7.77. The van der Waals surface area contributed by atoms with Gasteiger partial charge in [0.1, 0.15) is 4.21 Å². The Kier molecular flexibility index (Phi) is 6.68. The highest BCUT2D eigenvalue weighted by Gasteiger charge is 2.27. The van der Waals surface area contributed by atoms with E-state index in [-0.39, 0.29) is 16.7 Å².